The second-order valence-corrected chi connectivity index (χ2v) is 6.89. The Hall–Kier alpha value is -3.15. The third kappa shape index (κ3) is 3.91. The Bertz CT molecular complexity index is 1170. The van der Waals surface area contributed by atoms with Gasteiger partial charge in [0.2, 0.25) is 5.95 Å². The van der Waals surface area contributed by atoms with Crippen LogP contribution in [0.1, 0.15) is 10.4 Å². The van der Waals surface area contributed by atoms with Crippen LogP contribution in [0.2, 0.25) is 10.0 Å². The molecule has 0 fully saturated rings. The quantitative estimate of drug-likeness (QED) is 0.446. The predicted octanol–water partition coefficient (Wildman–Crippen LogP) is 5.36. The van der Waals surface area contributed by atoms with Gasteiger partial charge in [-0.1, -0.05) is 59.6 Å². The maximum absolute atomic E-state index is 12.3. The van der Waals surface area contributed by atoms with Crippen LogP contribution in [-0.4, -0.2) is 15.9 Å². The lowest BCUT2D eigenvalue weighted by Crippen LogP contribution is -2.30. The van der Waals surface area contributed by atoms with Gasteiger partial charge >= 0.3 is 0 Å². The second-order valence-electron chi connectivity index (χ2n) is 6.01. The number of hydrogen-bond acceptors (Lipinski definition) is 4. The lowest BCUT2D eigenvalue weighted by Gasteiger charge is -2.11. The van der Waals surface area contributed by atoms with Crippen molar-refractivity contribution in [2.75, 3.05) is 5.43 Å². The van der Waals surface area contributed by atoms with Gasteiger partial charge in [0.25, 0.3) is 5.91 Å². The molecule has 0 spiro atoms. The third-order valence-corrected chi connectivity index (χ3v) is 4.55. The monoisotopic (exact) mass is 408 g/mol. The van der Waals surface area contributed by atoms with Gasteiger partial charge in [-0.05, 0) is 36.4 Å². The first-order valence-corrected chi connectivity index (χ1v) is 9.20. The van der Waals surface area contributed by atoms with Crippen LogP contribution in [0.15, 0.2) is 72.8 Å². The lowest BCUT2D eigenvalue weighted by atomic mass is 10.1. The van der Waals surface area contributed by atoms with Crippen LogP contribution in [0.3, 0.4) is 0 Å². The van der Waals surface area contributed by atoms with Gasteiger partial charge < -0.3 is 0 Å². The molecule has 1 aromatic heterocycles. The minimum atomic E-state index is -0.344. The molecule has 0 saturated heterocycles. The summed E-state index contributed by atoms with van der Waals surface area (Å²) in [7, 11) is 0. The highest BCUT2D eigenvalue weighted by atomic mass is 35.5. The molecule has 0 aliphatic heterocycles. The highest BCUT2D eigenvalue weighted by molar-refractivity contribution is 6.31. The van der Waals surface area contributed by atoms with Gasteiger partial charge in [0.15, 0.2) is 0 Å². The van der Waals surface area contributed by atoms with Gasteiger partial charge in [-0.2, -0.15) is 0 Å². The van der Waals surface area contributed by atoms with Crippen molar-refractivity contribution in [1.29, 1.82) is 0 Å². The van der Waals surface area contributed by atoms with Gasteiger partial charge in [0.1, 0.15) is 0 Å². The number of nitrogens with zero attached hydrogens (tertiary/aromatic N) is 2. The van der Waals surface area contributed by atoms with E-state index in [1.54, 1.807) is 30.3 Å². The van der Waals surface area contributed by atoms with E-state index in [1.165, 1.54) is 0 Å². The smallest absolute Gasteiger partial charge is 0.267 e. The highest BCUT2D eigenvalue weighted by Gasteiger charge is 2.12. The van der Waals surface area contributed by atoms with E-state index < -0.39 is 0 Å². The van der Waals surface area contributed by atoms with E-state index in [-0.39, 0.29) is 11.9 Å². The zero-order chi connectivity index (χ0) is 19.5. The Morgan fingerprint density at radius 1 is 0.821 bits per heavy atom. The average Bonchev–Trinajstić information content (AvgIpc) is 2.72. The van der Waals surface area contributed by atoms with Gasteiger partial charge in [-0.15, -0.1) is 0 Å². The molecule has 0 unspecified atom stereocenters. The average molecular weight is 409 g/mol. The molecule has 0 radical (unpaired) electrons. The van der Waals surface area contributed by atoms with Crippen molar-refractivity contribution in [2.24, 2.45) is 0 Å². The summed E-state index contributed by atoms with van der Waals surface area (Å²) < 4.78 is 0. The van der Waals surface area contributed by atoms with Crippen molar-refractivity contribution in [3.8, 4) is 11.3 Å². The number of fused-ring (bicyclic) bond motifs is 1. The van der Waals surface area contributed by atoms with Crippen LogP contribution >= 0.6 is 23.2 Å². The van der Waals surface area contributed by atoms with E-state index in [9.17, 15) is 4.79 Å². The standard InChI is InChI=1S/C21H14Cl2N4O/c22-15-8-4-7-14(11-15)20(28)26-27-21-24-18-10-9-16(23)12-17(18)19(25-21)13-5-2-1-3-6-13/h1-12H,(H,26,28)(H,24,25,27). The van der Waals surface area contributed by atoms with Crippen LogP contribution < -0.4 is 10.9 Å². The first-order valence-electron chi connectivity index (χ1n) is 8.45. The number of carbonyl (C=O) groups excluding carboxylic acids is 1. The van der Waals surface area contributed by atoms with Gasteiger partial charge in [0.05, 0.1) is 11.2 Å². The number of amides is 1. The number of benzene rings is 3. The SMILES string of the molecule is O=C(NNc1nc(-c2ccccc2)c2cc(Cl)ccc2n1)c1cccc(Cl)c1. The predicted molar refractivity (Wildman–Crippen MR) is 113 cm³/mol. The van der Waals surface area contributed by atoms with Crippen LogP contribution in [0.25, 0.3) is 22.2 Å². The maximum Gasteiger partial charge on any atom is 0.269 e. The molecule has 3 aromatic carbocycles. The second kappa shape index (κ2) is 7.84. The van der Waals surface area contributed by atoms with Gasteiger partial charge in [0, 0.05) is 26.6 Å². The summed E-state index contributed by atoms with van der Waals surface area (Å²) in [4.78, 5) is 21.4. The van der Waals surface area contributed by atoms with Crippen LogP contribution in [0.4, 0.5) is 5.95 Å². The van der Waals surface area contributed by atoms with E-state index in [0.717, 1.165) is 10.9 Å². The molecule has 0 atom stereocenters. The van der Waals surface area contributed by atoms with Gasteiger partial charge in [-0.3, -0.25) is 15.6 Å². The summed E-state index contributed by atoms with van der Waals surface area (Å²) in [5, 5.41) is 1.91. The molecule has 28 heavy (non-hydrogen) atoms. The van der Waals surface area contributed by atoms with Crippen LogP contribution in [0, 0.1) is 0 Å². The minimum absolute atomic E-state index is 0.268. The molecular formula is C21H14Cl2N4O. The molecule has 7 heteroatoms. The fourth-order valence-corrected chi connectivity index (χ4v) is 3.15. The van der Waals surface area contributed by atoms with Crippen molar-refractivity contribution >= 4 is 46.0 Å². The molecule has 4 aromatic rings. The van der Waals surface area contributed by atoms with E-state index in [0.29, 0.717) is 26.8 Å². The third-order valence-electron chi connectivity index (χ3n) is 4.08. The number of nitrogens with one attached hydrogen (secondary N) is 2. The number of halogens is 2. The molecule has 4 rings (SSSR count). The Kier molecular flexibility index (Phi) is 5.10. The fourth-order valence-electron chi connectivity index (χ4n) is 2.79. The summed E-state index contributed by atoms with van der Waals surface area (Å²) in [6.07, 6.45) is 0. The van der Waals surface area contributed by atoms with Crippen molar-refractivity contribution in [2.45, 2.75) is 0 Å². The summed E-state index contributed by atoms with van der Waals surface area (Å²) in [5.74, 6) is -0.0763. The number of rotatable bonds is 4. The van der Waals surface area contributed by atoms with Crippen molar-refractivity contribution < 1.29 is 4.79 Å². The number of hydrogen-bond donors (Lipinski definition) is 2. The first kappa shape index (κ1) is 18.2. The number of aromatic nitrogens is 2. The largest absolute Gasteiger partial charge is 0.269 e. The molecule has 0 aliphatic rings. The van der Waals surface area contributed by atoms with Crippen molar-refractivity contribution in [1.82, 2.24) is 15.4 Å². The summed E-state index contributed by atoms with van der Waals surface area (Å²) in [6.45, 7) is 0. The van der Waals surface area contributed by atoms with Crippen molar-refractivity contribution in [3.63, 3.8) is 0 Å². The molecule has 0 aliphatic carbocycles. The summed E-state index contributed by atoms with van der Waals surface area (Å²) in [6, 6.07) is 21.8. The molecule has 1 heterocycles. The maximum atomic E-state index is 12.3. The topological polar surface area (TPSA) is 66.9 Å². The molecule has 1 amide bonds. The fraction of sp³-hybridized carbons (Fsp3) is 0. The molecular weight excluding hydrogens is 395 g/mol. The number of hydrazine groups is 1. The Morgan fingerprint density at radius 3 is 2.39 bits per heavy atom. The zero-order valence-electron chi connectivity index (χ0n) is 14.5. The van der Waals surface area contributed by atoms with E-state index in [4.69, 9.17) is 23.2 Å². The molecule has 5 nitrogen and oxygen atoms in total. The Morgan fingerprint density at radius 2 is 1.61 bits per heavy atom. The van der Waals surface area contributed by atoms with Crippen LogP contribution in [0.5, 0.6) is 0 Å². The van der Waals surface area contributed by atoms with Gasteiger partial charge in [-0.25, -0.2) is 9.97 Å². The Labute approximate surface area is 171 Å². The number of carbonyl (C=O) groups is 1. The number of anilines is 1. The molecule has 0 bridgehead atoms. The first-order chi connectivity index (χ1) is 13.6. The normalized spacial score (nSPS) is 10.6. The summed E-state index contributed by atoms with van der Waals surface area (Å²) in [5.41, 5.74) is 8.15. The van der Waals surface area contributed by atoms with E-state index in [1.807, 2.05) is 42.5 Å². The van der Waals surface area contributed by atoms with E-state index >= 15 is 0 Å². The molecule has 0 saturated carbocycles. The minimum Gasteiger partial charge on any atom is -0.267 e. The van der Waals surface area contributed by atoms with E-state index in [2.05, 4.69) is 20.8 Å². The van der Waals surface area contributed by atoms with Crippen molar-refractivity contribution in [3.05, 3.63) is 88.4 Å². The highest BCUT2D eigenvalue weighted by Crippen LogP contribution is 2.29. The Balaban J connectivity index is 1.68. The zero-order valence-corrected chi connectivity index (χ0v) is 16.0. The molecule has 2 N–H and O–H groups in total. The lowest BCUT2D eigenvalue weighted by molar-refractivity contribution is 0.0962. The summed E-state index contributed by atoms with van der Waals surface area (Å²) >= 11 is 12.1. The van der Waals surface area contributed by atoms with Crippen LogP contribution in [-0.2, 0) is 0 Å². The molecule has 138 valence electrons.